The zero-order valence-electron chi connectivity index (χ0n) is 19.8. The third-order valence-corrected chi connectivity index (χ3v) is 5.98. The first-order valence-corrected chi connectivity index (χ1v) is 11.3. The van der Waals surface area contributed by atoms with Crippen molar-refractivity contribution in [3.05, 3.63) is 65.4 Å². The molecule has 0 bridgehead atoms. The Morgan fingerprint density at radius 2 is 1.76 bits per heavy atom. The van der Waals surface area contributed by atoms with Crippen molar-refractivity contribution in [3.8, 4) is 5.75 Å². The lowest BCUT2D eigenvalue weighted by molar-refractivity contribution is 0.0600. The number of ether oxygens (including phenoxy) is 2. The van der Waals surface area contributed by atoms with E-state index in [1.54, 1.807) is 31.4 Å². The van der Waals surface area contributed by atoms with Crippen molar-refractivity contribution in [1.29, 1.82) is 0 Å². The number of halogens is 1. The van der Waals surface area contributed by atoms with E-state index >= 15 is 0 Å². The Hall–Kier alpha value is -2.90. The van der Waals surface area contributed by atoms with Crippen molar-refractivity contribution in [3.63, 3.8) is 0 Å². The Morgan fingerprint density at radius 1 is 1.06 bits per heavy atom. The Balaban J connectivity index is 0.000000257. The standard InChI is InChI=1S/C18H26FN3O.C8H8O2/c1-14-12-17(23-2)16(15-4-6-20-18(14)15)13-22-10-8-21(9-11-22)7-3-5-19;1-10-8(9)7-5-3-2-4-6-7/h4,6,12,20H,3,5,7-11,13H2,1-2H3;2-6H,1H3. The average Bonchev–Trinajstić information content (AvgIpc) is 3.36. The van der Waals surface area contributed by atoms with E-state index in [4.69, 9.17) is 4.74 Å². The van der Waals surface area contributed by atoms with Gasteiger partial charge in [-0.05, 0) is 43.2 Å². The average molecular weight is 456 g/mol. The molecule has 1 aromatic heterocycles. The van der Waals surface area contributed by atoms with Crippen LogP contribution in [0.1, 0.15) is 27.9 Å². The molecule has 1 saturated heterocycles. The molecule has 1 fully saturated rings. The van der Waals surface area contributed by atoms with E-state index in [0.29, 0.717) is 12.0 Å². The van der Waals surface area contributed by atoms with Crippen LogP contribution in [-0.2, 0) is 11.3 Å². The molecule has 0 aliphatic carbocycles. The van der Waals surface area contributed by atoms with Gasteiger partial charge in [0, 0.05) is 61.9 Å². The number of esters is 1. The molecule has 2 aromatic carbocycles. The third-order valence-electron chi connectivity index (χ3n) is 5.98. The highest BCUT2D eigenvalue weighted by Gasteiger charge is 2.20. The lowest BCUT2D eigenvalue weighted by Gasteiger charge is -2.35. The summed E-state index contributed by atoms with van der Waals surface area (Å²) in [6.45, 7) is 7.75. The third kappa shape index (κ3) is 6.55. The van der Waals surface area contributed by atoms with Crippen LogP contribution in [0.15, 0.2) is 48.7 Å². The molecule has 6 nitrogen and oxygen atoms in total. The van der Waals surface area contributed by atoms with E-state index in [9.17, 15) is 9.18 Å². The zero-order valence-corrected chi connectivity index (χ0v) is 19.8. The van der Waals surface area contributed by atoms with Crippen LogP contribution in [-0.4, -0.2) is 74.4 Å². The second-order valence-corrected chi connectivity index (χ2v) is 8.16. The predicted octanol–water partition coefficient (Wildman–Crippen LogP) is 4.44. The van der Waals surface area contributed by atoms with Gasteiger partial charge in [-0.2, -0.15) is 0 Å². The van der Waals surface area contributed by atoms with Crippen LogP contribution in [0.2, 0.25) is 0 Å². The number of rotatable bonds is 7. The van der Waals surface area contributed by atoms with E-state index in [1.807, 2.05) is 12.3 Å². The lowest BCUT2D eigenvalue weighted by atomic mass is 10.0. The van der Waals surface area contributed by atoms with Gasteiger partial charge < -0.3 is 19.4 Å². The molecule has 0 atom stereocenters. The first-order chi connectivity index (χ1) is 16.1. The van der Waals surface area contributed by atoms with E-state index in [1.165, 1.54) is 29.1 Å². The van der Waals surface area contributed by atoms with Crippen LogP contribution in [0.3, 0.4) is 0 Å². The van der Waals surface area contributed by atoms with E-state index in [-0.39, 0.29) is 12.6 Å². The molecular weight excluding hydrogens is 421 g/mol. The number of benzene rings is 2. The van der Waals surface area contributed by atoms with E-state index in [2.05, 4.69) is 38.6 Å². The number of piperazine rings is 1. The number of aromatic nitrogens is 1. The summed E-state index contributed by atoms with van der Waals surface area (Å²) in [5.41, 5.74) is 4.25. The fourth-order valence-electron chi connectivity index (χ4n) is 4.15. The molecule has 0 saturated carbocycles. The van der Waals surface area contributed by atoms with Gasteiger partial charge in [-0.25, -0.2) is 4.79 Å². The molecule has 0 spiro atoms. The molecule has 2 heterocycles. The van der Waals surface area contributed by atoms with E-state index in [0.717, 1.165) is 45.0 Å². The number of H-pyrrole nitrogens is 1. The van der Waals surface area contributed by atoms with Crippen LogP contribution >= 0.6 is 0 Å². The number of hydrogen-bond donors (Lipinski definition) is 1. The summed E-state index contributed by atoms with van der Waals surface area (Å²) < 4.78 is 22.4. The van der Waals surface area contributed by atoms with Crippen molar-refractivity contribution >= 4 is 16.9 Å². The second kappa shape index (κ2) is 12.4. The quantitative estimate of drug-likeness (QED) is 0.534. The molecule has 4 rings (SSSR count). The second-order valence-electron chi connectivity index (χ2n) is 8.16. The zero-order chi connectivity index (χ0) is 23.6. The molecule has 3 aromatic rings. The lowest BCUT2D eigenvalue weighted by Crippen LogP contribution is -2.46. The first kappa shape index (κ1) is 24.7. The topological polar surface area (TPSA) is 57.8 Å². The number of hydrogen-bond acceptors (Lipinski definition) is 5. The highest BCUT2D eigenvalue weighted by atomic mass is 19.1. The Morgan fingerprint density at radius 3 is 2.39 bits per heavy atom. The summed E-state index contributed by atoms with van der Waals surface area (Å²) in [5, 5.41) is 1.25. The molecule has 0 radical (unpaired) electrons. The summed E-state index contributed by atoms with van der Waals surface area (Å²) in [6.07, 6.45) is 2.64. The summed E-state index contributed by atoms with van der Waals surface area (Å²) in [6, 6.07) is 13.1. The summed E-state index contributed by atoms with van der Waals surface area (Å²) >= 11 is 0. The SMILES string of the molecule is COC(=O)c1ccccc1.COc1cc(C)c2[nH]ccc2c1CN1CCN(CCCF)CC1. The van der Waals surface area contributed by atoms with Gasteiger partial charge in [-0.15, -0.1) is 0 Å². The van der Waals surface area contributed by atoms with Crippen LogP contribution in [0, 0.1) is 6.92 Å². The summed E-state index contributed by atoms with van der Waals surface area (Å²) in [5.74, 6) is 0.676. The summed E-state index contributed by atoms with van der Waals surface area (Å²) in [4.78, 5) is 18.9. The van der Waals surface area contributed by atoms with Crippen LogP contribution in [0.4, 0.5) is 4.39 Å². The van der Waals surface area contributed by atoms with Gasteiger partial charge in [0.15, 0.2) is 0 Å². The number of nitrogens with zero attached hydrogens (tertiary/aromatic N) is 2. The monoisotopic (exact) mass is 455 g/mol. The number of carbonyl (C=O) groups excluding carboxylic acids is 1. The largest absolute Gasteiger partial charge is 0.496 e. The van der Waals surface area contributed by atoms with Gasteiger partial charge in [0.05, 0.1) is 26.5 Å². The molecule has 33 heavy (non-hydrogen) atoms. The molecule has 1 N–H and O–H groups in total. The predicted molar refractivity (Wildman–Crippen MR) is 130 cm³/mol. The number of aryl methyl sites for hydroxylation is 1. The minimum absolute atomic E-state index is 0.216. The van der Waals surface area contributed by atoms with Crippen LogP contribution < -0.4 is 4.74 Å². The first-order valence-electron chi connectivity index (χ1n) is 11.3. The molecule has 178 valence electrons. The molecule has 7 heteroatoms. The highest BCUT2D eigenvalue weighted by Crippen LogP contribution is 2.31. The number of fused-ring (bicyclic) bond motifs is 1. The number of alkyl halides is 1. The van der Waals surface area contributed by atoms with Crippen molar-refractivity contribution in [2.75, 3.05) is 53.6 Å². The fourth-order valence-corrected chi connectivity index (χ4v) is 4.15. The smallest absolute Gasteiger partial charge is 0.337 e. The number of methoxy groups -OCH3 is 2. The van der Waals surface area contributed by atoms with Crippen molar-refractivity contribution in [2.24, 2.45) is 0 Å². The Labute approximate surface area is 195 Å². The Kier molecular flexibility index (Phi) is 9.27. The van der Waals surface area contributed by atoms with Gasteiger partial charge >= 0.3 is 5.97 Å². The number of aromatic amines is 1. The number of carbonyl (C=O) groups is 1. The highest BCUT2D eigenvalue weighted by molar-refractivity contribution is 5.89. The molecule has 0 unspecified atom stereocenters. The minimum atomic E-state index is -0.291. The number of nitrogens with one attached hydrogen (secondary N) is 1. The van der Waals surface area contributed by atoms with Gasteiger partial charge in [0.1, 0.15) is 5.75 Å². The maximum Gasteiger partial charge on any atom is 0.337 e. The van der Waals surface area contributed by atoms with Gasteiger partial charge in [-0.3, -0.25) is 9.29 Å². The van der Waals surface area contributed by atoms with Crippen LogP contribution in [0.25, 0.3) is 10.9 Å². The maximum absolute atomic E-state index is 12.3. The molecule has 1 aliphatic heterocycles. The maximum atomic E-state index is 12.3. The molecular formula is C26H34FN3O3. The van der Waals surface area contributed by atoms with Crippen LogP contribution in [0.5, 0.6) is 5.75 Å². The Bertz CT molecular complexity index is 1010. The van der Waals surface area contributed by atoms with Gasteiger partial charge in [0.2, 0.25) is 0 Å². The van der Waals surface area contributed by atoms with Gasteiger partial charge in [-0.1, -0.05) is 18.2 Å². The van der Waals surface area contributed by atoms with Crippen molar-refractivity contribution in [2.45, 2.75) is 19.9 Å². The normalized spacial score (nSPS) is 14.5. The fraction of sp³-hybridized carbons (Fsp3) is 0.423. The summed E-state index contributed by atoms with van der Waals surface area (Å²) in [7, 11) is 3.11. The van der Waals surface area contributed by atoms with Crippen molar-refractivity contribution < 1.29 is 18.7 Å². The van der Waals surface area contributed by atoms with E-state index < -0.39 is 0 Å². The molecule has 1 aliphatic rings. The minimum Gasteiger partial charge on any atom is -0.496 e. The molecule has 0 amide bonds. The van der Waals surface area contributed by atoms with Gasteiger partial charge in [0.25, 0.3) is 0 Å². The van der Waals surface area contributed by atoms with Crippen molar-refractivity contribution in [1.82, 2.24) is 14.8 Å².